The first kappa shape index (κ1) is 16.9. The maximum absolute atomic E-state index is 12.1. The van der Waals surface area contributed by atoms with E-state index in [1.165, 1.54) is 0 Å². The molecule has 0 bridgehead atoms. The van der Waals surface area contributed by atoms with Crippen LogP contribution in [0.5, 0.6) is 0 Å². The second kappa shape index (κ2) is 7.30. The number of anilines is 1. The molecule has 5 heteroatoms. The Balaban J connectivity index is 1.66. The lowest BCUT2D eigenvalue weighted by Crippen LogP contribution is -2.19. The summed E-state index contributed by atoms with van der Waals surface area (Å²) < 4.78 is 0. The Morgan fingerprint density at radius 1 is 1.04 bits per heavy atom. The van der Waals surface area contributed by atoms with Crippen LogP contribution in [0.3, 0.4) is 0 Å². The molecule has 0 atom stereocenters. The van der Waals surface area contributed by atoms with Gasteiger partial charge in [0.25, 0.3) is 5.91 Å². The highest BCUT2D eigenvalue weighted by atomic mass is 16.2. The Kier molecular flexibility index (Phi) is 4.93. The van der Waals surface area contributed by atoms with E-state index >= 15 is 0 Å². The number of benzene rings is 2. The predicted octanol–water partition coefficient (Wildman–Crippen LogP) is 3.50. The van der Waals surface area contributed by atoms with Crippen molar-refractivity contribution in [3.8, 4) is 0 Å². The van der Waals surface area contributed by atoms with Crippen LogP contribution in [0, 0.1) is 12.8 Å². The van der Waals surface area contributed by atoms with E-state index in [4.69, 9.17) is 0 Å². The number of aryl methyl sites for hydroxylation is 1. The lowest BCUT2D eigenvalue weighted by Gasteiger charge is -2.07. The third-order valence-corrected chi connectivity index (χ3v) is 4.13. The highest BCUT2D eigenvalue weighted by Crippen LogP contribution is 2.30. The summed E-state index contributed by atoms with van der Waals surface area (Å²) in [6.45, 7) is 3.79. The van der Waals surface area contributed by atoms with Gasteiger partial charge in [0.05, 0.1) is 5.71 Å². The Morgan fingerprint density at radius 3 is 2.44 bits per heavy atom. The van der Waals surface area contributed by atoms with Crippen molar-refractivity contribution in [2.45, 2.75) is 26.7 Å². The van der Waals surface area contributed by atoms with E-state index in [1.54, 1.807) is 12.1 Å². The van der Waals surface area contributed by atoms with Crippen molar-refractivity contribution in [1.82, 2.24) is 5.43 Å². The first-order chi connectivity index (χ1) is 12.0. The first-order valence-corrected chi connectivity index (χ1v) is 8.35. The summed E-state index contributed by atoms with van der Waals surface area (Å²) in [5.41, 5.74) is 6.49. The van der Waals surface area contributed by atoms with Gasteiger partial charge in [0.2, 0.25) is 5.91 Å². The van der Waals surface area contributed by atoms with E-state index in [2.05, 4.69) is 15.8 Å². The van der Waals surface area contributed by atoms with E-state index in [0.717, 1.165) is 29.7 Å². The fourth-order valence-electron chi connectivity index (χ4n) is 2.38. The molecular formula is C20H21N3O2. The van der Waals surface area contributed by atoms with Crippen molar-refractivity contribution >= 4 is 23.2 Å². The molecule has 1 aliphatic rings. The standard InChI is InChI=1S/C20H21N3O2/c1-13-6-8-16(9-7-13)20(25)23-22-14(2)17-4-3-5-18(12-17)21-19(24)15-10-11-15/h3-9,12,15H,10-11H2,1-2H3,(H,21,24)(H,23,25). The zero-order valence-corrected chi connectivity index (χ0v) is 14.4. The van der Waals surface area contributed by atoms with Crippen molar-refractivity contribution in [3.63, 3.8) is 0 Å². The SMILES string of the molecule is CC(=NNC(=O)c1ccc(C)cc1)c1cccc(NC(=O)C2CC2)c1. The molecule has 25 heavy (non-hydrogen) atoms. The number of nitrogens with one attached hydrogen (secondary N) is 2. The molecule has 0 aliphatic heterocycles. The summed E-state index contributed by atoms with van der Waals surface area (Å²) >= 11 is 0. The van der Waals surface area contributed by atoms with Crippen LogP contribution in [-0.4, -0.2) is 17.5 Å². The molecule has 2 amide bonds. The summed E-state index contributed by atoms with van der Waals surface area (Å²) in [5, 5.41) is 7.08. The van der Waals surface area contributed by atoms with Crippen LogP contribution in [-0.2, 0) is 4.79 Å². The van der Waals surface area contributed by atoms with Gasteiger partial charge in [-0.3, -0.25) is 9.59 Å². The van der Waals surface area contributed by atoms with Gasteiger partial charge in [-0.15, -0.1) is 0 Å². The van der Waals surface area contributed by atoms with Crippen LogP contribution in [0.15, 0.2) is 53.6 Å². The molecule has 2 aromatic rings. The minimum absolute atomic E-state index is 0.0689. The Hall–Kier alpha value is -2.95. The topological polar surface area (TPSA) is 70.6 Å². The molecule has 2 aromatic carbocycles. The molecule has 5 nitrogen and oxygen atoms in total. The molecule has 0 heterocycles. The summed E-state index contributed by atoms with van der Waals surface area (Å²) in [6, 6.07) is 14.8. The summed E-state index contributed by atoms with van der Waals surface area (Å²) in [4.78, 5) is 24.0. The van der Waals surface area contributed by atoms with Crippen molar-refractivity contribution in [3.05, 3.63) is 65.2 Å². The largest absolute Gasteiger partial charge is 0.326 e. The molecule has 0 radical (unpaired) electrons. The van der Waals surface area contributed by atoms with Gasteiger partial charge in [-0.25, -0.2) is 5.43 Å². The molecule has 3 rings (SSSR count). The predicted molar refractivity (Wildman–Crippen MR) is 98.7 cm³/mol. The molecule has 1 aliphatic carbocycles. The number of rotatable bonds is 5. The molecular weight excluding hydrogens is 314 g/mol. The quantitative estimate of drug-likeness (QED) is 0.648. The van der Waals surface area contributed by atoms with Crippen molar-refractivity contribution < 1.29 is 9.59 Å². The third kappa shape index (κ3) is 4.53. The third-order valence-electron chi connectivity index (χ3n) is 4.13. The lowest BCUT2D eigenvalue weighted by molar-refractivity contribution is -0.117. The number of amides is 2. The fraction of sp³-hybridized carbons (Fsp3) is 0.250. The highest BCUT2D eigenvalue weighted by Gasteiger charge is 2.29. The van der Waals surface area contributed by atoms with Crippen molar-refractivity contribution in [1.29, 1.82) is 0 Å². The van der Waals surface area contributed by atoms with E-state index < -0.39 is 0 Å². The molecule has 0 spiro atoms. The molecule has 1 saturated carbocycles. The average Bonchev–Trinajstić information content (AvgIpc) is 3.45. The van der Waals surface area contributed by atoms with Gasteiger partial charge in [-0.05, 0) is 56.5 Å². The Morgan fingerprint density at radius 2 is 1.76 bits per heavy atom. The summed E-state index contributed by atoms with van der Waals surface area (Å²) in [7, 11) is 0. The molecule has 128 valence electrons. The van der Waals surface area contributed by atoms with Gasteiger partial charge in [0.15, 0.2) is 0 Å². The van der Waals surface area contributed by atoms with Crippen LogP contribution in [0.1, 0.15) is 41.3 Å². The van der Waals surface area contributed by atoms with Gasteiger partial charge < -0.3 is 5.32 Å². The maximum atomic E-state index is 12.1. The van der Waals surface area contributed by atoms with Crippen molar-refractivity contribution in [2.75, 3.05) is 5.32 Å². The number of carbonyl (C=O) groups is 2. The monoisotopic (exact) mass is 335 g/mol. The van der Waals surface area contributed by atoms with E-state index in [0.29, 0.717) is 11.3 Å². The summed E-state index contributed by atoms with van der Waals surface area (Å²) in [5.74, 6) is -0.0239. The van der Waals surface area contributed by atoms with Gasteiger partial charge in [-0.2, -0.15) is 5.10 Å². The lowest BCUT2D eigenvalue weighted by atomic mass is 10.1. The zero-order valence-electron chi connectivity index (χ0n) is 14.4. The Labute approximate surface area is 147 Å². The smallest absolute Gasteiger partial charge is 0.271 e. The number of hydrogen-bond donors (Lipinski definition) is 2. The number of hydrazone groups is 1. The molecule has 0 unspecified atom stereocenters. The van der Waals surface area contributed by atoms with Gasteiger partial charge in [-0.1, -0.05) is 29.8 Å². The Bertz CT molecular complexity index is 821. The van der Waals surface area contributed by atoms with Crippen LogP contribution < -0.4 is 10.7 Å². The van der Waals surface area contributed by atoms with Gasteiger partial charge in [0, 0.05) is 17.2 Å². The number of nitrogens with zero attached hydrogens (tertiary/aromatic N) is 1. The first-order valence-electron chi connectivity index (χ1n) is 8.35. The minimum atomic E-state index is -0.252. The van der Waals surface area contributed by atoms with E-state index in [1.807, 2.05) is 50.2 Å². The van der Waals surface area contributed by atoms with Crippen LogP contribution in [0.25, 0.3) is 0 Å². The van der Waals surface area contributed by atoms with Gasteiger partial charge >= 0.3 is 0 Å². The van der Waals surface area contributed by atoms with E-state index in [9.17, 15) is 9.59 Å². The summed E-state index contributed by atoms with van der Waals surface area (Å²) in [6.07, 6.45) is 1.94. The van der Waals surface area contributed by atoms with Crippen LogP contribution in [0.4, 0.5) is 5.69 Å². The molecule has 0 aromatic heterocycles. The van der Waals surface area contributed by atoms with Crippen LogP contribution in [0.2, 0.25) is 0 Å². The second-order valence-electron chi connectivity index (χ2n) is 6.35. The normalized spacial score (nSPS) is 14.1. The van der Waals surface area contributed by atoms with Crippen LogP contribution >= 0.6 is 0 Å². The number of hydrogen-bond acceptors (Lipinski definition) is 3. The zero-order chi connectivity index (χ0) is 17.8. The fourth-order valence-corrected chi connectivity index (χ4v) is 2.38. The molecule has 1 fully saturated rings. The van der Waals surface area contributed by atoms with Gasteiger partial charge in [0.1, 0.15) is 0 Å². The highest BCUT2D eigenvalue weighted by molar-refractivity contribution is 6.02. The van der Waals surface area contributed by atoms with E-state index in [-0.39, 0.29) is 17.7 Å². The molecule has 0 saturated heterocycles. The molecule has 2 N–H and O–H groups in total. The number of carbonyl (C=O) groups excluding carboxylic acids is 2. The maximum Gasteiger partial charge on any atom is 0.271 e. The average molecular weight is 335 g/mol. The minimum Gasteiger partial charge on any atom is -0.326 e. The second-order valence-corrected chi connectivity index (χ2v) is 6.35. The van der Waals surface area contributed by atoms with Crippen molar-refractivity contribution in [2.24, 2.45) is 11.0 Å².